The lowest BCUT2D eigenvalue weighted by Gasteiger charge is -2.36. The first kappa shape index (κ1) is 15.2. The summed E-state index contributed by atoms with van der Waals surface area (Å²) in [6, 6.07) is 23.3. The van der Waals surface area contributed by atoms with E-state index in [1.54, 1.807) is 0 Å². The van der Waals surface area contributed by atoms with Crippen molar-refractivity contribution in [3.63, 3.8) is 0 Å². The Morgan fingerprint density at radius 1 is 0.875 bits per heavy atom. The number of hydrogen-bond acceptors (Lipinski definition) is 2. The maximum atomic E-state index is 10.9. The molecule has 1 atom stereocenters. The van der Waals surface area contributed by atoms with Gasteiger partial charge >= 0.3 is 0 Å². The Balaban J connectivity index is 1.69. The number of fused-ring (bicyclic) bond motifs is 1. The molecule has 1 unspecified atom stereocenters. The molecule has 1 fully saturated rings. The third-order valence-corrected chi connectivity index (χ3v) is 5.13. The van der Waals surface area contributed by atoms with E-state index in [0.29, 0.717) is 11.8 Å². The lowest BCUT2D eigenvalue weighted by molar-refractivity contribution is 0.138. The summed E-state index contributed by atoms with van der Waals surface area (Å²) in [5.41, 5.74) is 2.41. The second-order valence-corrected chi connectivity index (χ2v) is 6.69. The summed E-state index contributed by atoms with van der Waals surface area (Å²) in [6.45, 7) is 2.03. The fraction of sp³-hybridized carbons (Fsp3) is 0.273. The summed E-state index contributed by atoms with van der Waals surface area (Å²) in [4.78, 5) is 2.52. The second-order valence-electron chi connectivity index (χ2n) is 6.69. The van der Waals surface area contributed by atoms with Crippen LogP contribution in [0.25, 0.3) is 10.8 Å². The van der Waals surface area contributed by atoms with Crippen LogP contribution < -0.4 is 0 Å². The Hall–Kier alpha value is -2.32. The van der Waals surface area contributed by atoms with Crippen LogP contribution in [0.1, 0.15) is 36.4 Å². The summed E-state index contributed by atoms with van der Waals surface area (Å²) in [5.74, 6) is 0.457. The minimum Gasteiger partial charge on any atom is -0.507 e. The first-order valence-corrected chi connectivity index (χ1v) is 8.81. The molecule has 2 heteroatoms. The van der Waals surface area contributed by atoms with Crippen LogP contribution >= 0.6 is 0 Å². The van der Waals surface area contributed by atoms with Crippen molar-refractivity contribution in [2.75, 3.05) is 6.54 Å². The van der Waals surface area contributed by atoms with E-state index in [4.69, 9.17) is 0 Å². The minimum atomic E-state index is 0.295. The summed E-state index contributed by atoms with van der Waals surface area (Å²) in [5, 5.41) is 12.9. The second kappa shape index (κ2) is 6.66. The smallest absolute Gasteiger partial charge is 0.128 e. The van der Waals surface area contributed by atoms with Crippen molar-refractivity contribution in [3.8, 4) is 5.75 Å². The summed E-state index contributed by atoms with van der Waals surface area (Å²) >= 11 is 0. The maximum Gasteiger partial charge on any atom is 0.128 e. The van der Waals surface area contributed by atoms with Gasteiger partial charge in [0.15, 0.2) is 0 Å². The molecular formula is C22H23NO. The van der Waals surface area contributed by atoms with Crippen molar-refractivity contribution >= 4 is 10.8 Å². The topological polar surface area (TPSA) is 23.5 Å². The highest BCUT2D eigenvalue weighted by atomic mass is 16.3. The Kier molecular flexibility index (Phi) is 4.22. The zero-order valence-electron chi connectivity index (χ0n) is 13.9. The number of nitrogens with zero attached hydrogens (tertiary/aromatic N) is 1. The number of phenolic OH excluding ortho intramolecular Hbond substituents is 1. The normalized spacial score (nSPS) is 18.8. The lowest BCUT2D eigenvalue weighted by Crippen LogP contribution is -2.33. The molecule has 2 nitrogen and oxygen atoms in total. The van der Waals surface area contributed by atoms with Gasteiger partial charge in [0.25, 0.3) is 0 Å². The van der Waals surface area contributed by atoms with Crippen LogP contribution in [0.15, 0.2) is 66.7 Å². The molecule has 0 amide bonds. The number of aromatic hydroxyl groups is 1. The van der Waals surface area contributed by atoms with E-state index in [-0.39, 0.29) is 0 Å². The molecule has 4 rings (SSSR count). The van der Waals surface area contributed by atoms with Gasteiger partial charge in [0.05, 0.1) is 0 Å². The van der Waals surface area contributed by atoms with Crippen molar-refractivity contribution < 1.29 is 5.11 Å². The van der Waals surface area contributed by atoms with Gasteiger partial charge in [0, 0.05) is 23.5 Å². The van der Waals surface area contributed by atoms with Crippen LogP contribution in [0.5, 0.6) is 5.75 Å². The molecule has 1 saturated heterocycles. The fourth-order valence-electron chi connectivity index (χ4n) is 3.89. The Morgan fingerprint density at radius 3 is 2.54 bits per heavy atom. The molecule has 1 aliphatic rings. The Labute approximate surface area is 143 Å². The molecule has 0 spiro atoms. The quantitative estimate of drug-likeness (QED) is 0.711. The highest BCUT2D eigenvalue weighted by Crippen LogP contribution is 2.39. The van der Waals surface area contributed by atoms with Crippen molar-refractivity contribution in [1.82, 2.24) is 4.90 Å². The molecule has 3 aromatic rings. The average Bonchev–Trinajstić information content (AvgIpc) is 2.64. The van der Waals surface area contributed by atoms with E-state index in [2.05, 4.69) is 53.4 Å². The molecule has 1 aliphatic heterocycles. The molecule has 0 saturated carbocycles. The molecule has 0 aromatic heterocycles. The zero-order chi connectivity index (χ0) is 16.4. The summed E-state index contributed by atoms with van der Waals surface area (Å²) in [6.07, 6.45) is 3.57. The lowest BCUT2D eigenvalue weighted by atomic mass is 9.92. The highest BCUT2D eigenvalue weighted by molar-refractivity contribution is 5.89. The van der Waals surface area contributed by atoms with Gasteiger partial charge in [-0.25, -0.2) is 0 Å². The van der Waals surface area contributed by atoms with Gasteiger partial charge in [-0.15, -0.1) is 0 Å². The molecule has 122 valence electrons. The van der Waals surface area contributed by atoms with E-state index in [1.165, 1.54) is 18.4 Å². The van der Waals surface area contributed by atoms with E-state index < -0.39 is 0 Å². The number of rotatable bonds is 3. The zero-order valence-corrected chi connectivity index (χ0v) is 13.9. The van der Waals surface area contributed by atoms with Crippen LogP contribution in [0.3, 0.4) is 0 Å². The highest BCUT2D eigenvalue weighted by Gasteiger charge is 2.26. The van der Waals surface area contributed by atoms with Crippen molar-refractivity contribution in [3.05, 3.63) is 77.9 Å². The van der Waals surface area contributed by atoms with Gasteiger partial charge in [-0.05, 0) is 30.3 Å². The van der Waals surface area contributed by atoms with Crippen LogP contribution in [0.2, 0.25) is 0 Å². The SMILES string of the molecule is Oc1c(C2CCCCN2Cc2ccccc2)ccc2ccccc12. The number of likely N-dealkylation sites (tertiary alicyclic amines) is 1. The number of phenols is 1. The van der Waals surface area contributed by atoms with Crippen LogP contribution in [-0.4, -0.2) is 16.6 Å². The Morgan fingerprint density at radius 2 is 1.67 bits per heavy atom. The number of piperidine rings is 1. The third-order valence-electron chi connectivity index (χ3n) is 5.13. The largest absolute Gasteiger partial charge is 0.507 e. The molecule has 0 aliphatic carbocycles. The van der Waals surface area contributed by atoms with Gasteiger partial charge in [0.1, 0.15) is 5.75 Å². The molecule has 24 heavy (non-hydrogen) atoms. The molecule has 0 radical (unpaired) electrons. The van der Waals surface area contributed by atoms with Gasteiger partial charge in [-0.2, -0.15) is 0 Å². The van der Waals surface area contributed by atoms with E-state index >= 15 is 0 Å². The average molecular weight is 317 g/mol. The Bertz CT molecular complexity index is 828. The molecule has 1 N–H and O–H groups in total. The standard InChI is InChI=1S/C22H23NO/c24-22-19-11-5-4-10-18(19)13-14-20(22)21-12-6-7-15-23(21)16-17-8-2-1-3-9-17/h1-5,8-11,13-14,21,24H,6-7,12,15-16H2. The first-order chi connectivity index (χ1) is 11.8. The van der Waals surface area contributed by atoms with E-state index in [9.17, 15) is 5.11 Å². The first-order valence-electron chi connectivity index (χ1n) is 8.81. The third kappa shape index (κ3) is 2.90. The summed E-state index contributed by atoms with van der Waals surface area (Å²) in [7, 11) is 0. The van der Waals surface area contributed by atoms with Gasteiger partial charge in [-0.1, -0.05) is 73.2 Å². The number of benzene rings is 3. The fourth-order valence-corrected chi connectivity index (χ4v) is 3.89. The molecule has 0 bridgehead atoms. The van der Waals surface area contributed by atoms with Crippen molar-refractivity contribution in [2.24, 2.45) is 0 Å². The molecule has 1 heterocycles. The van der Waals surface area contributed by atoms with Gasteiger partial charge < -0.3 is 5.11 Å². The van der Waals surface area contributed by atoms with Crippen molar-refractivity contribution in [2.45, 2.75) is 31.8 Å². The van der Waals surface area contributed by atoms with Crippen LogP contribution in [-0.2, 0) is 6.54 Å². The van der Waals surface area contributed by atoms with E-state index in [0.717, 1.165) is 35.8 Å². The van der Waals surface area contributed by atoms with Crippen LogP contribution in [0, 0.1) is 0 Å². The maximum absolute atomic E-state index is 10.9. The van der Waals surface area contributed by atoms with Crippen molar-refractivity contribution in [1.29, 1.82) is 0 Å². The van der Waals surface area contributed by atoms with Gasteiger partial charge in [-0.3, -0.25) is 4.90 Å². The number of hydrogen-bond donors (Lipinski definition) is 1. The minimum absolute atomic E-state index is 0.295. The predicted octanol–water partition coefficient (Wildman–Crippen LogP) is 5.27. The molecular weight excluding hydrogens is 294 g/mol. The van der Waals surface area contributed by atoms with E-state index in [1.807, 2.05) is 18.2 Å². The molecule has 3 aromatic carbocycles. The summed E-state index contributed by atoms with van der Waals surface area (Å²) < 4.78 is 0. The predicted molar refractivity (Wildman–Crippen MR) is 99.1 cm³/mol. The van der Waals surface area contributed by atoms with Crippen LogP contribution in [0.4, 0.5) is 0 Å². The van der Waals surface area contributed by atoms with Gasteiger partial charge in [0.2, 0.25) is 0 Å². The monoisotopic (exact) mass is 317 g/mol.